The Balaban J connectivity index is 4.54. The molecule has 0 aromatic carbocycles. The van der Waals surface area contributed by atoms with Crippen molar-refractivity contribution >= 4 is 5.97 Å². The molecule has 0 aliphatic rings. The van der Waals surface area contributed by atoms with Crippen molar-refractivity contribution in [3.63, 3.8) is 0 Å². The summed E-state index contributed by atoms with van der Waals surface area (Å²) in [5.74, 6) is -0.635. The van der Waals surface area contributed by atoms with Gasteiger partial charge in [-0.3, -0.25) is 4.79 Å². The van der Waals surface area contributed by atoms with Gasteiger partial charge in [0.05, 0.1) is 5.41 Å². The summed E-state index contributed by atoms with van der Waals surface area (Å²) in [7, 11) is 0. The maximum atomic E-state index is 11.0. The molecule has 1 unspecified atom stereocenters. The van der Waals surface area contributed by atoms with Gasteiger partial charge in [0.2, 0.25) is 0 Å². The van der Waals surface area contributed by atoms with E-state index >= 15 is 0 Å². The van der Waals surface area contributed by atoms with Gasteiger partial charge >= 0.3 is 5.97 Å². The Morgan fingerprint density at radius 2 is 2.08 bits per heavy atom. The Bertz CT molecular complexity index is 170. The molecule has 0 fully saturated rings. The number of carbonyl (C=O) groups is 1. The van der Waals surface area contributed by atoms with E-state index in [2.05, 4.69) is 0 Å². The lowest BCUT2D eigenvalue weighted by molar-refractivity contribution is -0.150. The Kier molecular flexibility index (Phi) is 4.95. The molecular weight excluding hydrogens is 170 g/mol. The third kappa shape index (κ3) is 3.32. The summed E-state index contributed by atoms with van der Waals surface area (Å²) < 4.78 is 0. The molecule has 0 rings (SSSR count). The molecule has 0 aliphatic carbocycles. The van der Waals surface area contributed by atoms with Gasteiger partial charge in [-0.15, -0.1) is 0 Å². The number of aliphatic hydroxyl groups is 1. The van der Waals surface area contributed by atoms with Crippen molar-refractivity contribution in [3.05, 3.63) is 0 Å². The van der Waals surface area contributed by atoms with Crippen LogP contribution in [0.5, 0.6) is 0 Å². The second-order valence-corrected chi connectivity index (χ2v) is 3.86. The van der Waals surface area contributed by atoms with Gasteiger partial charge in [0.15, 0.2) is 0 Å². The van der Waals surface area contributed by atoms with Crippen molar-refractivity contribution < 1.29 is 15.0 Å². The van der Waals surface area contributed by atoms with Crippen LogP contribution in [0.4, 0.5) is 0 Å². The molecule has 0 amide bonds. The third-order valence-corrected chi connectivity index (χ3v) is 2.23. The van der Waals surface area contributed by atoms with Gasteiger partial charge in [-0.25, -0.2) is 0 Å². The molecular formula is C9H19NO3. The predicted octanol–water partition coefficient (Wildman–Crippen LogP) is 0.445. The van der Waals surface area contributed by atoms with Crippen molar-refractivity contribution in [2.24, 2.45) is 17.1 Å². The first kappa shape index (κ1) is 12.4. The molecule has 0 aromatic rings. The molecule has 4 nitrogen and oxygen atoms in total. The molecule has 0 radical (unpaired) electrons. The van der Waals surface area contributed by atoms with Gasteiger partial charge in [-0.05, 0) is 18.8 Å². The van der Waals surface area contributed by atoms with Crippen LogP contribution in [0.25, 0.3) is 0 Å². The maximum Gasteiger partial charge on any atom is 0.311 e. The van der Waals surface area contributed by atoms with Gasteiger partial charge in [0.1, 0.15) is 0 Å². The zero-order valence-corrected chi connectivity index (χ0v) is 8.29. The highest BCUT2D eigenvalue weighted by Crippen LogP contribution is 2.29. The highest BCUT2D eigenvalue weighted by Gasteiger charge is 2.36. The summed E-state index contributed by atoms with van der Waals surface area (Å²) in [6.45, 7) is 3.85. The summed E-state index contributed by atoms with van der Waals surface area (Å²) in [6.07, 6.45) is 0.746. The molecule has 0 saturated carbocycles. The maximum absolute atomic E-state index is 11.0. The van der Waals surface area contributed by atoms with Crippen LogP contribution in [0, 0.1) is 11.3 Å². The molecule has 4 heteroatoms. The van der Waals surface area contributed by atoms with Crippen LogP contribution in [0.1, 0.15) is 26.7 Å². The summed E-state index contributed by atoms with van der Waals surface area (Å²) in [5.41, 5.74) is 4.51. The average Bonchev–Trinajstić information content (AvgIpc) is 2.02. The number of rotatable bonds is 6. The fourth-order valence-corrected chi connectivity index (χ4v) is 1.56. The quantitative estimate of drug-likeness (QED) is 0.566. The molecule has 0 saturated heterocycles. The van der Waals surface area contributed by atoms with Crippen LogP contribution in [0.2, 0.25) is 0 Å². The van der Waals surface area contributed by atoms with Gasteiger partial charge < -0.3 is 15.9 Å². The first-order valence-electron chi connectivity index (χ1n) is 4.53. The van der Waals surface area contributed by atoms with E-state index in [-0.39, 0.29) is 25.5 Å². The van der Waals surface area contributed by atoms with Crippen LogP contribution >= 0.6 is 0 Å². The summed E-state index contributed by atoms with van der Waals surface area (Å²) in [5, 5.41) is 17.8. The van der Waals surface area contributed by atoms with Crippen LogP contribution in [0.15, 0.2) is 0 Å². The van der Waals surface area contributed by atoms with Crippen molar-refractivity contribution in [2.45, 2.75) is 26.7 Å². The zero-order chi connectivity index (χ0) is 10.5. The van der Waals surface area contributed by atoms with Crippen molar-refractivity contribution in [2.75, 3.05) is 13.2 Å². The van der Waals surface area contributed by atoms with E-state index in [1.165, 1.54) is 0 Å². The van der Waals surface area contributed by atoms with E-state index in [1.54, 1.807) is 0 Å². The van der Waals surface area contributed by atoms with Gasteiger partial charge in [-0.1, -0.05) is 13.8 Å². The number of nitrogens with two attached hydrogens (primary N) is 1. The molecule has 0 heterocycles. The minimum atomic E-state index is -0.942. The lowest BCUT2D eigenvalue weighted by atomic mass is 9.77. The highest BCUT2D eigenvalue weighted by atomic mass is 16.4. The summed E-state index contributed by atoms with van der Waals surface area (Å²) >= 11 is 0. The minimum Gasteiger partial charge on any atom is -0.481 e. The molecule has 13 heavy (non-hydrogen) atoms. The smallest absolute Gasteiger partial charge is 0.311 e. The molecule has 4 N–H and O–H groups in total. The molecule has 0 bridgehead atoms. The van der Waals surface area contributed by atoms with Gasteiger partial charge in [0, 0.05) is 13.2 Å². The number of aliphatic hydroxyl groups excluding tert-OH is 1. The Morgan fingerprint density at radius 1 is 1.54 bits per heavy atom. The van der Waals surface area contributed by atoms with Crippen LogP contribution in [-0.2, 0) is 4.79 Å². The molecule has 0 aromatic heterocycles. The average molecular weight is 189 g/mol. The number of hydrogen-bond acceptors (Lipinski definition) is 3. The fourth-order valence-electron chi connectivity index (χ4n) is 1.56. The normalized spacial score (nSPS) is 15.8. The topological polar surface area (TPSA) is 83.5 Å². The van der Waals surface area contributed by atoms with Crippen molar-refractivity contribution in [1.29, 1.82) is 0 Å². The lowest BCUT2D eigenvalue weighted by Crippen LogP contribution is -2.40. The van der Waals surface area contributed by atoms with Gasteiger partial charge in [0.25, 0.3) is 0 Å². The van der Waals surface area contributed by atoms with Crippen LogP contribution in [0.3, 0.4) is 0 Å². The highest BCUT2D eigenvalue weighted by molar-refractivity contribution is 5.74. The second-order valence-electron chi connectivity index (χ2n) is 3.86. The largest absolute Gasteiger partial charge is 0.481 e. The second kappa shape index (κ2) is 5.19. The molecule has 0 aliphatic heterocycles. The summed E-state index contributed by atoms with van der Waals surface area (Å²) in [6, 6.07) is 0. The minimum absolute atomic E-state index is 0.0844. The number of carboxylic acids is 1. The van der Waals surface area contributed by atoms with E-state index in [1.807, 2.05) is 13.8 Å². The van der Waals surface area contributed by atoms with E-state index in [0.717, 1.165) is 0 Å². The standard InChI is InChI=1S/C9H19NO3/c1-7(2)5-9(6-10,3-4-11)8(12)13/h7,11H,3-6,10H2,1-2H3,(H,12,13). The SMILES string of the molecule is CC(C)CC(CN)(CCO)C(=O)O. The summed E-state index contributed by atoms with van der Waals surface area (Å²) in [4.78, 5) is 11.0. The van der Waals surface area contributed by atoms with Crippen LogP contribution < -0.4 is 5.73 Å². The lowest BCUT2D eigenvalue weighted by Gasteiger charge is -2.28. The van der Waals surface area contributed by atoms with Crippen LogP contribution in [-0.4, -0.2) is 29.3 Å². The fraction of sp³-hybridized carbons (Fsp3) is 0.889. The monoisotopic (exact) mass is 189 g/mol. The zero-order valence-electron chi connectivity index (χ0n) is 8.29. The predicted molar refractivity (Wildman–Crippen MR) is 50.3 cm³/mol. The first-order valence-corrected chi connectivity index (χ1v) is 4.53. The van der Waals surface area contributed by atoms with E-state index in [9.17, 15) is 4.79 Å². The van der Waals surface area contributed by atoms with E-state index in [4.69, 9.17) is 15.9 Å². The number of hydrogen-bond donors (Lipinski definition) is 3. The van der Waals surface area contributed by atoms with Crippen molar-refractivity contribution in [1.82, 2.24) is 0 Å². The molecule has 78 valence electrons. The number of aliphatic carboxylic acids is 1. The molecule has 0 spiro atoms. The Hall–Kier alpha value is -0.610. The van der Waals surface area contributed by atoms with Gasteiger partial charge in [-0.2, -0.15) is 0 Å². The third-order valence-electron chi connectivity index (χ3n) is 2.23. The first-order chi connectivity index (χ1) is 5.98. The molecule has 1 atom stereocenters. The Labute approximate surface area is 78.7 Å². The van der Waals surface area contributed by atoms with Crippen molar-refractivity contribution in [3.8, 4) is 0 Å². The van der Waals surface area contributed by atoms with E-state index in [0.29, 0.717) is 6.42 Å². The number of carboxylic acid groups (broad SMARTS) is 1. The Morgan fingerprint density at radius 3 is 2.31 bits per heavy atom. The van der Waals surface area contributed by atoms with E-state index < -0.39 is 11.4 Å².